The number of hydrogen-bond acceptors (Lipinski definition) is 11. The van der Waals surface area contributed by atoms with E-state index in [9.17, 15) is 30.3 Å². The first-order chi connectivity index (χ1) is 13.2. The molecular formula is C16H29NO11. The van der Waals surface area contributed by atoms with Gasteiger partial charge in [0.25, 0.3) is 0 Å². The zero-order chi connectivity index (χ0) is 21.0. The monoisotopic (exact) mass is 411 g/mol. The van der Waals surface area contributed by atoms with Gasteiger partial charge in [0.15, 0.2) is 12.6 Å². The van der Waals surface area contributed by atoms with Gasteiger partial charge >= 0.3 is 0 Å². The first-order valence-electron chi connectivity index (χ1n) is 8.83. The number of carbonyl (C=O) groups is 1. The highest BCUT2D eigenvalue weighted by Crippen LogP contribution is 2.29. The van der Waals surface area contributed by atoms with Gasteiger partial charge in [-0.05, 0) is 0 Å². The highest BCUT2D eigenvalue weighted by Gasteiger charge is 2.51. The summed E-state index contributed by atoms with van der Waals surface area (Å²) >= 11 is 0. The summed E-state index contributed by atoms with van der Waals surface area (Å²) in [5.41, 5.74) is 0. The number of amides is 1. The average Bonchev–Trinajstić information content (AvgIpc) is 2.66. The van der Waals surface area contributed by atoms with Gasteiger partial charge in [0.05, 0.1) is 13.2 Å². The topological polar surface area (TPSA) is 176 Å². The number of carbonyl (C=O) groups excluding carboxylic acids is 1. The Balaban J connectivity index is 2.22. The molecule has 0 bridgehead atoms. The number of rotatable bonds is 7. The molecule has 2 saturated heterocycles. The lowest BCUT2D eigenvalue weighted by molar-refractivity contribution is -0.347. The molecule has 12 heteroatoms. The van der Waals surface area contributed by atoms with E-state index in [2.05, 4.69) is 5.32 Å². The summed E-state index contributed by atoms with van der Waals surface area (Å²) in [5.74, 6) is -0.438. The molecule has 6 N–H and O–H groups in total. The molecule has 0 aromatic carbocycles. The van der Waals surface area contributed by atoms with Gasteiger partial charge in [-0.2, -0.15) is 0 Å². The second kappa shape index (κ2) is 10.2. The first kappa shape index (κ1) is 23.3. The van der Waals surface area contributed by atoms with Crippen molar-refractivity contribution in [1.82, 2.24) is 5.32 Å². The second-order valence-corrected chi connectivity index (χ2v) is 6.75. The fourth-order valence-corrected chi connectivity index (χ4v) is 3.31. The maximum atomic E-state index is 11.5. The Labute approximate surface area is 161 Å². The molecule has 2 heterocycles. The van der Waals surface area contributed by atoms with E-state index < -0.39 is 73.9 Å². The van der Waals surface area contributed by atoms with Crippen molar-refractivity contribution in [1.29, 1.82) is 0 Å². The molecule has 0 spiro atoms. The predicted octanol–water partition coefficient (Wildman–Crippen LogP) is -3.95. The van der Waals surface area contributed by atoms with E-state index >= 15 is 0 Å². The van der Waals surface area contributed by atoms with Gasteiger partial charge in [0.1, 0.15) is 48.8 Å². The van der Waals surface area contributed by atoms with Crippen molar-refractivity contribution in [2.75, 3.05) is 27.4 Å². The number of hydrogen-bond donors (Lipinski definition) is 6. The van der Waals surface area contributed by atoms with Crippen LogP contribution in [0.25, 0.3) is 0 Å². The van der Waals surface area contributed by atoms with Crippen molar-refractivity contribution in [2.45, 2.75) is 68.3 Å². The lowest BCUT2D eigenvalue weighted by atomic mass is 9.95. The van der Waals surface area contributed by atoms with Gasteiger partial charge in [-0.25, -0.2) is 0 Å². The molecule has 2 aliphatic heterocycles. The lowest BCUT2D eigenvalue weighted by Crippen LogP contribution is -2.67. The van der Waals surface area contributed by atoms with E-state index in [1.54, 1.807) is 0 Å². The fraction of sp³-hybridized carbons (Fsp3) is 0.938. The van der Waals surface area contributed by atoms with Gasteiger partial charge < -0.3 is 54.5 Å². The molecule has 12 nitrogen and oxygen atoms in total. The van der Waals surface area contributed by atoms with Gasteiger partial charge in [-0.1, -0.05) is 0 Å². The Morgan fingerprint density at radius 3 is 2.14 bits per heavy atom. The molecule has 1 amide bonds. The van der Waals surface area contributed by atoms with Crippen LogP contribution in [0.15, 0.2) is 0 Å². The quantitative estimate of drug-likeness (QED) is 0.241. The molecule has 2 rings (SSSR count). The van der Waals surface area contributed by atoms with Gasteiger partial charge in [-0.15, -0.1) is 0 Å². The molecule has 164 valence electrons. The minimum Gasteiger partial charge on any atom is -0.394 e. The smallest absolute Gasteiger partial charge is 0.217 e. The number of aliphatic hydroxyl groups is 5. The highest BCUT2D eigenvalue weighted by atomic mass is 16.7. The molecule has 0 aromatic rings. The second-order valence-electron chi connectivity index (χ2n) is 6.75. The normalized spacial score (nSPS) is 44.3. The van der Waals surface area contributed by atoms with E-state index in [-0.39, 0.29) is 6.61 Å². The zero-order valence-corrected chi connectivity index (χ0v) is 15.9. The van der Waals surface area contributed by atoms with Crippen molar-refractivity contribution >= 4 is 5.91 Å². The SMILES string of the molecule is COC[C@@H]1O[C@@H](OC)[C@@H](NC(C)=O)[C@@H](O)[C@@H]1O[C@@H]1O[C@@H](CO)[C@H](O)[C@H](O)[C@@H]1O. The molecule has 10 atom stereocenters. The number of aliphatic hydroxyl groups excluding tert-OH is 5. The van der Waals surface area contributed by atoms with E-state index in [0.29, 0.717) is 0 Å². The third-order valence-electron chi connectivity index (χ3n) is 4.75. The highest BCUT2D eigenvalue weighted by molar-refractivity contribution is 5.73. The molecular weight excluding hydrogens is 382 g/mol. The van der Waals surface area contributed by atoms with Crippen LogP contribution in [0.3, 0.4) is 0 Å². The Kier molecular flexibility index (Phi) is 8.51. The van der Waals surface area contributed by atoms with Crippen molar-refractivity contribution in [3.05, 3.63) is 0 Å². The van der Waals surface area contributed by atoms with Crippen molar-refractivity contribution < 1.29 is 54.0 Å². The first-order valence-corrected chi connectivity index (χ1v) is 8.83. The Morgan fingerprint density at radius 1 is 0.964 bits per heavy atom. The predicted molar refractivity (Wildman–Crippen MR) is 89.8 cm³/mol. The largest absolute Gasteiger partial charge is 0.394 e. The number of methoxy groups -OCH3 is 2. The van der Waals surface area contributed by atoms with Crippen molar-refractivity contribution in [3.63, 3.8) is 0 Å². The molecule has 28 heavy (non-hydrogen) atoms. The lowest BCUT2D eigenvalue weighted by Gasteiger charge is -2.47. The third-order valence-corrected chi connectivity index (χ3v) is 4.75. The van der Waals surface area contributed by atoms with Crippen molar-refractivity contribution in [3.8, 4) is 0 Å². The van der Waals surface area contributed by atoms with Crippen LogP contribution < -0.4 is 5.32 Å². The maximum absolute atomic E-state index is 11.5. The van der Waals surface area contributed by atoms with Crippen LogP contribution in [0.2, 0.25) is 0 Å². The van der Waals surface area contributed by atoms with E-state index in [1.807, 2.05) is 0 Å². The summed E-state index contributed by atoms with van der Waals surface area (Å²) in [6.45, 7) is 0.607. The van der Waals surface area contributed by atoms with Crippen LogP contribution >= 0.6 is 0 Å². The van der Waals surface area contributed by atoms with E-state index in [1.165, 1.54) is 21.1 Å². The summed E-state index contributed by atoms with van der Waals surface area (Å²) in [5, 5.41) is 52.6. The summed E-state index contributed by atoms with van der Waals surface area (Å²) in [6.07, 6.45) is -11.9. The van der Waals surface area contributed by atoms with Gasteiger partial charge in [-0.3, -0.25) is 4.79 Å². The third kappa shape index (κ3) is 4.97. The molecule has 2 fully saturated rings. The van der Waals surface area contributed by atoms with E-state index in [4.69, 9.17) is 23.7 Å². The molecule has 0 aromatic heterocycles. The molecule has 0 aliphatic carbocycles. The van der Waals surface area contributed by atoms with Crippen molar-refractivity contribution in [2.24, 2.45) is 0 Å². The number of nitrogens with one attached hydrogen (secondary N) is 1. The van der Waals surface area contributed by atoms with Crippen LogP contribution in [0, 0.1) is 0 Å². The standard InChI is InChI=1S/C16H29NO11/c1-6(19)17-9-11(21)14(8(5-24-2)27-15(9)25-3)28-16-13(23)12(22)10(20)7(4-18)26-16/h7-16,18,20-23H,4-5H2,1-3H3,(H,17,19)/t7-,8-,9-,10-,11+,12-,13-,14+,15+,16-/m0/s1. The summed E-state index contributed by atoms with van der Waals surface area (Å²) < 4.78 is 26.9. The van der Waals surface area contributed by atoms with Crippen LogP contribution in [0.1, 0.15) is 6.92 Å². The van der Waals surface area contributed by atoms with Crippen LogP contribution in [0.4, 0.5) is 0 Å². The molecule has 0 saturated carbocycles. The average molecular weight is 411 g/mol. The molecule has 2 aliphatic rings. The van der Waals surface area contributed by atoms with Gasteiger partial charge in [0.2, 0.25) is 5.91 Å². The summed E-state index contributed by atoms with van der Waals surface area (Å²) in [6, 6.07) is -0.995. The Hall–Kier alpha value is -0.930. The van der Waals surface area contributed by atoms with Crippen LogP contribution in [-0.2, 0) is 28.5 Å². The summed E-state index contributed by atoms with van der Waals surface area (Å²) in [4.78, 5) is 11.5. The number of ether oxygens (including phenoxy) is 5. The fourth-order valence-electron chi connectivity index (χ4n) is 3.31. The van der Waals surface area contributed by atoms with Crippen LogP contribution in [-0.4, -0.2) is 120 Å². The minimum atomic E-state index is -1.66. The Morgan fingerprint density at radius 2 is 1.61 bits per heavy atom. The van der Waals surface area contributed by atoms with E-state index in [0.717, 1.165) is 0 Å². The van der Waals surface area contributed by atoms with Crippen LogP contribution in [0.5, 0.6) is 0 Å². The Bertz CT molecular complexity index is 507. The summed E-state index contributed by atoms with van der Waals surface area (Å²) in [7, 11) is 2.75. The maximum Gasteiger partial charge on any atom is 0.217 e. The minimum absolute atomic E-state index is 0.0220. The molecule has 0 unspecified atom stereocenters. The molecule has 0 radical (unpaired) electrons. The van der Waals surface area contributed by atoms with Gasteiger partial charge in [0, 0.05) is 21.1 Å². The zero-order valence-electron chi connectivity index (χ0n) is 15.9.